The molecule has 0 bridgehead atoms. The van der Waals surface area contributed by atoms with Crippen molar-refractivity contribution < 1.29 is 18.8 Å². The second kappa shape index (κ2) is 8.43. The van der Waals surface area contributed by atoms with Gasteiger partial charge in [0.1, 0.15) is 13.2 Å². The van der Waals surface area contributed by atoms with Crippen LogP contribution in [0.25, 0.3) is 0 Å². The highest BCUT2D eigenvalue weighted by molar-refractivity contribution is 5.92. The zero-order valence-electron chi connectivity index (χ0n) is 18.6. The minimum Gasteiger partial charge on any atom is -0.375 e. The lowest BCUT2D eigenvalue weighted by atomic mass is 9.80. The summed E-state index contributed by atoms with van der Waals surface area (Å²) in [5, 5.41) is 8.25. The molecule has 10 nitrogen and oxygen atoms in total. The molecule has 2 aliphatic heterocycles. The van der Waals surface area contributed by atoms with Gasteiger partial charge in [-0.25, -0.2) is 0 Å². The van der Waals surface area contributed by atoms with Gasteiger partial charge in [-0.1, -0.05) is 5.16 Å². The van der Waals surface area contributed by atoms with E-state index in [1.165, 1.54) is 7.11 Å². The van der Waals surface area contributed by atoms with Gasteiger partial charge in [0.2, 0.25) is 5.91 Å². The van der Waals surface area contributed by atoms with Crippen LogP contribution < -0.4 is 0 Å². The number of fused-ring (bicyclic) bond motifs is 1. The van der Waals surface area contributed by atoms with Crippen molar-refractivity contribution in [2.24, 2.45) is 11.3 Å². The van der Waals surface area contributed by atoms with E-state index in [1.807, 2.05) is 37.0 Å². The van der Waals surface area contributed by atoms with Crippen LogP contribution in [0.5, 0.6) is 0 Å². The van der Waals surface area contributed by atoms with Gasteiger partial charge in [0, 0.05) is 63.4 Å². The SMILES string of the molecule is COCC(=O)N1C[C@@H]2CN(C(=O)c3cc(Cn4cc(C)cn4)on3)C[C@]2(CN(C)C)C1. The summed E-state index contributed by atoms with van der Waals surface area (Å²) in [6.45, 7) is 5.75. The molecule has 2 atom stereocenters. The highest BCUT2D eigenvalue weighted by atomic mass is 16.5. The Kier molecular flexibility index (Phi) is 5.85. The molecule has 0 aliphatic carbocycles. The first-order valence-corrected chi connectivity index (χ1v) is 10.4. The molecular formula is C21H30N6O4. The molecule has 2 aromatic heterocycles. The Hall–Kier alpha value is -2.72. The van der Waals surface area contributed by atoms with Crippen LogP contribution in [0.15, 0.2) is 23.0 Å². The fourth-order valence-electron chi connectivity index (χ4n) is 4.96. The van der Waals surface area contributed by atoms with Gasteiger partial charge < -0.3 is 24.0 Å². The van der Waals surface area contributed by atoms with Crippen LogP contribution in [0, 0.1) is 18.3 Å². The number of amides is 2. The van der Waals surface area contributed by atoms with Gasteiger partial charge in [0.15, 0.2) is 11.5 Å². The highest BCUT2D eigenvalue weighted by Crippen LogP contribution is 2.43. The van der Waals surface area contributed by atoms with Gasteiger partial charge in [-0.2, -0.15) is 5.10 Å². The van der Waals surface area contributed by atoms with Crippen molar-refractivity contribution in [3.8, 4) is 0 Å². The maximum atomic E-state index is 13.2. The minimum absolute atomic E-state index is 0.00269. The quantitative estimate of drug-likeness (QED) is 0.625. The lowest BCUT2D eigenvalue weighted by molar-refractivity contribution is -0.134. The molecule has 2 amide bonds. The van der Waals surface area contributed by atoms with Crippen molar-refractivity contribution in [1.82, 2.24) is 29.6 Å². The van der Waals surface area contributed by atoms with E-state index in [2.05, 4.69) is 15.2 Å². The summed E-state index contributed by atoms with van der Waals surface area (Å²) < 4.78 is 12.2. The average Bonchev–Trinajstić information content (AvgIpc) is 3.45. The predicted molar refractivity (Wildman–Crippen MR) is 111 cm³/mol. The van der Waals surface area contributed by atoms with Gasteiger partial charge in [-0.05, 0) is 26.6 Å². The van der Waals surface area contributed by atoms with Crippen molar-refractivity contribution in [1.29, 1.82) is 0 Å². The molecule has 2 saturated heterocycles. The first kappa shape index (κ1) is 21.5. The number of hydrogen-bond acceptors (Lipinski definition) is 7. The van der Waals surface area contributed by atoms with E-state index in [4.69, 9.17) is 9.26 Å². The number of rotatable bonds is 7. The second-order valence-electron chi connectivity index (χ2n) is 9.08. The van der Waals surface area contributed by atoms with Gasteiger partial charge in [-0.3, -0.25) is 14.3 Å². The summed E-state index contributed by atoms with van der Waals surface area (Å²) in [5.74, 6) is 0.681. The summed E-state index contributed by atoms with van der Waals surface area (Å²) in [4.78, 5) is 31.4. The van der Waals surface area contributed by atoms with Crippen LogP contribution >= 0.6 is 0 Å². The van der Waals surface area contributed by atoms with E-state index in [1.54, 1.807) is 16.9 Å². The van der Waals surface area contributed by atoms with Gasteiger partial charge in [-0.15, -0.1) is 0 Å². The van der Waals surface area contributed by atoms with E-state index in [-0.39, 0.29) is 29.8 Å². The number of aryl methyl sites for hydroxylation is 1. The Morgan fingerprint density at radius 3 is 2.71 bits per heavy atom. The first-order valence-electron chi connectivity index (χ1n) is 10.4. The summed E-state index contributed by atoms with van der Waals surface area (Å²) in [7, 11) is 5.58. The van der Waals surface area contributed by atoms with E-state index in [0.29, 0.717) is 44.2 Å². The highest BCUT2D eigenvalue weighted by Gasteiger charge is 2.54. The topological polar surface area (TPSA) is 96.9 Å². The van der Waals surface area contributed by atoms with Gasteiger partial charge in [0.25, 0.3) is 5.91 Å². The molecule has 0 saturated carbocycles. The average molecular weight is 431 g/mol. The monoisotopic (exact) mass is 430 g/mol. The number of carbonyl (C=O) groups is 2. The number of likely N-dealkylation sites (tertiary alicyclic amines) is 2. The van der Waals surface area contributed by atoms with Crippen LogP contribution in [0.1, 0.15) is 21.8 Å². The van der Waals surface area contributed by atoms with E-state index in [9.17, 15) is 9.59 Å². The molecule has 0 radical (unpaired) electrons. The maximum absolute atomic E-state index is 13.2. The second-order valence-corrected chi connectivity index (χ2v) is 9.08. The molecule has 4 rings (SSSR count). The van der Waals surface area contributed by atoms with E-state index in [0.717, 1.165) is 12.1 Å². The number of methoxy groups -OCH3 is 1. The van der Waals surface area contributed by atoms with Crippen molar-refractivity contribution in [2.45, 2.75) is 13.5 Å². The maximum Gasteiger partial charge on any atom is 0.276 e. The van der Waals surface area contributed by atoms with Crippen LogP contribution in [0.2, 0.25) is 0 Å². The van der Waals surface area contributed by atoms with Crippen molar-refractivity contribution in [3.05, 3.63) is 35.5 Å². The normalized spacial score (nSPS) is 23.1. The smallest absolute Gasteiger partial charge is 0.276 e. The predicted octanol–water partition coefficient (Wildman–Crippen LogP) is 0.336. The zero-order valence-corrected chi connectivity index (χ0v) is 18.6. The molecule has 168 valence electrons. The van der Waals surface area contributed by atoms with Crippen molar-refractivity contribution >= 4 is 11.8 Å². The largest absolute Gasteiger partial charge is 0.375 e. The van der Waals surface area contributed by atoms with Crippen LogP contribution in [0.4, 0.5) is 0 Å². The number of ether oxygens (including phenoxy) is 1. The summed E-state index contributed by atoms with van der Waals surface area (Å²) in [6, 6.07) is 1.69. The number of nitrogens with zero attached hydrogens (tertiary/aromatic N) is 6. The first-order chi connectivity index (χ1) is 14.8. The number of carbonyl (C=O) groups excluding carboxylic acids is 2. The molecule has 31 heavy (non-hydrogen) atoms. The zero-order chi connectivity index (χ0) is 22.2. The Balaban J connectivity index is 1.45. The van der Waals surface area contributed by atoms with Crippen LogP contribution in [-0.4, -0.2) is 102 Å². The third-order valence-electron chi connectivity index (χ3n) is 6.16. The van der Waals surface area contributed by atoms with Crippen LogP contribution in [0.3, 0.4) is 0 Å². The molecule has 2 fully saturated rings. The lowest BCUT2D eigenvalue weighted by Gasteiger charge is -2.32. The van der Waals surface area contributed by atoms with Gasteiger partial charge in [0.05, 0.1) is 6.20 Å². The molecule has 0 aromatic carbocycles. The third kappa shape index (κ3) is 4.35. The molecule has 10 heteroatoms. The van der Waals surface area contributed by atoms with E-state index < -0.39 is 0 Å². The molecule has 2 aliphatic rings. The van der Waals surface area contributed by atoms with Crippen molar-refractivity contribution in [3.63, 3.8) is 0 Å². The third-order valence-corrected chi connectivity index (χ3v) is 6.16. The van der Waals surface area contributed by atoms with Crippen LogP contribution in [-0.2, 0) is 16.1 Å². The molecular weight excluding hydrogens is 400 g/mol. The molecule has 0 N–H and O–H groups in total. The Morgan fingerprint density at radius 1 is 1.29 bits per heavy atom. The Morgan fingerprint density at radius 2 is 2.03 bits per heavy atom. The van der Waals surface area contributed by atoms with Gasteiger partial charge >= 0.3 is 0 Å². The summed E-state index contributed by atoms with van der Waals surface area (Å²) in [5.41, 5.74) is 1.22. The lowest BCUT2D eigenvalue weighted by Crippen LogP contribution is -2.44. The summed E-state index contributed by atoms with van der Waals surface area (Å²) >= 11 is 0. The fourth-order valence-corrected chi connectivity index (χ4v) is 4.96. The fraction of sp³-hybridized carbons (Fsp3) is 0.619. The minimum atomic E-state index is -0.151. The summed E-state index contributed by atoms with van der Waals surface area (Å²) in [6.07, 6.45) is 3.68. The number of aromatic nitrogens is 3. The van der Waals surface area contributed by atoms with E-state index >= 15 is 0 Å². The Labute approximate surface area is 181 Å². The standard InChI is InChI=1S/C21H30N6O4/c1-15-6-22-27(7-15)10-17-5-18(23-31-17)20(29)26-9-16-8-25(19(28)11-30-4)13-21(16,14-26)12-24(2)3/h5-7,16H,8-14H2,1-4H3/t16-,21+/m1/s1. The molecule has 0 unspecified atom stereocenters. The Bertz CT molecular complexity index is 953. The number of hydrogen-bond donors (Lipinski definition) is 0. The molecule has 4 heterocycles. The molecule has 0 spiro atoms. The van der Waals surface area contributed by atoms with Crippen molar-refractivity contribution in [2.75, 3.05) is 60.5 Å². The molecule has 2 aromatic rings.